The van der Waals surface area contributed by atoms with Crippen LogP contribution in [0.3, 0.4) is 0 Å². The van der Waals surface area contributed by atoms with E-state index < -0.39 is 0 Å². The lowest BCUT2D eigenvalue weighted by Crippen LogP contribution is -1.92. The van der Waals surface area contributed by atoms with Crippen LogP contribution in [0.25, 0.3) is 0 Å². The molecule has 1 aliphatic heterocycles. The molecule has 2 aromatic rings. The molecule has 1 N–H and O–H groups in total. The second-order valence-electron chi connectivity index (χ2n) is 4.12. The van der Waals surface area contributed by atoms with Crippen LogP contribution in [0.15, 0.2) is 39.8 Å². The van der Waals surface area contributed by atoms with E-state index in [1.807, 2.05) is 12.1 Å². The summed E-state index contributed by atoms with van der Waals surface area (Å²) >= 11 is 9.32. The fourth-order valence-electron chi connectivity index (χ4n) is 1.77. The van der Waals surface area contributed by atoms with Crippen molar-refractivity contribution in [2.24, 2.45) is 4.99 Å². The van der Waals surface area contributed by atoms with Gasteiger partial charge in [0.15, 0.2) is 11.5 Å². The number of benzene rings is 2. The van der Waals surface area contributed by atoms with Gasteiger partial charge in [-0.15, -0.1) is 0 Å². The molecule has 0 amide bonds. The molecule has 0 spiro atoms. The van der Waals surface area contributed by atoms with E-state index in [4.69, 9.17) is 21.1 Å². The maximum Gasteiger partial charge on any atom is 0.231 e. The topological polar surface area (TPSA) is 51.1 Å². The lowest BCUT2D eigenvalue weighted by atomic mass is 10.2. The summed E-state index contributed by atoms with van der Waals surface area (Å²) in [5.41, 5.74) is 1.22. The maximum absolute atomic E-state index is 9.71. The van der Waals surface area contributed by atoms with Gasteiger partial charge in [-0.3, -0.25) is 4.99 Å². The Kier molecular flexibility index (Phi) is 3.54. The number of halogens is 2. The SMILES string of the molecule is Oc1ccc(Cl)cc1N=Cc1cc2c(cc1Br)OCO2. The predicted octanol–water partition coefficient (Wildman–Crippen LogP) is 4.29. The zero-order chi connectivity index (χ0) is 14.1. The first-order valence-electron chi connectivity index (χ1n) is 5.75. The molecular formula is C14H9BrClNO3. The van der Waals surface area contributed by atoms with Crippen molar-refractivity contribution in [3.05, 3.63) is 45.4 Å². The summed E-state index contributed by atoms with van der Waals surface area (Å²) in [6.45, 7) is 0.220. The summed E-state index contributed by atoms with van der Waals surface area (Å²) in [6.07, 6.45) is 1.62. The Balaban J connectivity index is 1.95. The Morgan fingerprint density at radius 1 is 1.20 bits per heavy atom. The van der Waals surface area contributed by atoms with Gasteiger partial charge in [-0.25, -0.2) is 0 Å². The lowest BCUT2D eigenvalue weighted by Gasteiger charge is -2.02. The second-order valence-corrected chi connectivity index (χ2v) is 5.41. The highest BCUT2D eigenvalue weighted by atomic mass is 79.9. The fraction of sp³-hybridized carbons (Fsp3) is 0.0714. The first kappa shape index (κ1) is 13.3. The molecule has 2 aromatic carbocycles. The quantitative estimate of drug-likeness (QED) is 0.819. The van der Waals surface area contributed by atoms with E-state index in [1.165, 1.54) is 6.07 Å². The van der Waals surface area contributed by atoms with Crippen LogP contribution in [0, 0.1) is 0 Å². The Morgan fingerprint density at radius 2 is 1.95 bits per heavy atom. The van der Waals surface area contributed by atoms with Crippen molar-refractivity contribution < 1.29 is 14.6 Å². The van der Waals surface area contributed by atoms with Gasteiger partial charge >= 0.3 is 0 Å². The molecule has 0 bridgehead atoms. The van der Waals surface area contributed by atoms with E-state index in [2.05, 4.69) is 20.9 Å². The van der Waals surface area contributed by atoms with Gasteiger partial charge in [-0.05, 0) is 46.3 Å². The molecule has 0 unspecified atom stereocenters. The third-order valence-electron chi connectivity index (χ3n) is 2.77. The van der Waals surface area contributed by atoms with E-state index in [9.17, 15) is 5.11 Å². The third kappa shape index (κ3) is 2.59. The number of hydrogen-bond donors (Lipinski definition) is 1. The number of ether oxygens (including phenoxy) is 2. The third-order valence-corrected chi connectivity index (χ3v) is 3.69. The predicted molar refractivity (Wildman–Crippen MR) is 80.6 cm³/mol. The van der Waals surface area contributed by atoms with Crippen molar-refractivity contribution in [3.63, 3.8) is 0 Å². The number of phenolic OH excluding ortho intramolecular Hbond substituents is 1. The minimum absolute atomic E-state index is 0.0718. The van der Waals surface area contributed by atoms with Gasteiger partial charge in [0.1, 0.15) is 11.4 Å². The molecule has 4 nitrogen and oxygen atoms in total. The molecule has 0 fully saturated rings. The Morgan fingerprint density at radius 3 is 2.75 bits per heavy atom. The number of aromatic hydroxyl groups is 1. The average molecular weight is 355 g/mol. The summed E-state index contributed by atoms with van der Waals surface area (Å²) in [5.74, 6) is 1.44. The number of nitrogens with zero attached hydrogens (tertiary/aromatic N) is 1. The van der Waals surface area contributed by atoms with Crippen molar-refractivity contribution >= 4 is 39.4 Å². The second kappa shape index (κ2) is 5.34. The van der Waals surface area contributed by atoms with Crippen LogP contribution in [0.5, 0.6) is 17.2 Å². The summed E-state index contributed by atoms with van der Waals surface area (Å²) < 4.78 is 11.4. The van der Waals surface area contributed by atoms with E-state index >= 15 is 0 Å². The van der Waals surface area contributed by atoms with E-state index in [0.29, 0.717) is 22.2 Å². The highest BCUT2D eigenvalue weighted by Crippen LogP contribution is 2.37. The zero-order valence-corrected chi connectivity index (χ0v) is 12.5. The molecular weight excluding hydrogens is 346 g/mol. The molecule has 0 atom stereocenters. The van der Waals surface area contributed by atoms with Gasteiger partial charge in [-0.2, -0.15) is 0 Å². The first-order valence-corrected chi connectivity index (χ1v) is 6.92. The molecule has 1 aliphatic rings. The standard InChI is InChI=1S/C14H9BrClNO3/c15-10-5-14-13(19-7-20-14)3-8(10)6-17-11-4-9(16)1-2-12(11)18/h1-6,18H,7H2. The lowest BCUT2D eigenvalue weighted by molar-refractivity contribution is 0.174. The largest absolute Gasteiger partial charge is 0.506 e. The van der Waals surface area contributed by atoms with Gasteiger partial charge in [0.05, 0.1) is 0 Å². The summed E-state index contributed by atoms with van der Waals surface area (Å²) in [7, 11) is 0. The number of rotatable bonds is 2. The van der Waals surface area contributed by atoms with Crippen LogP contribution in [0.2, 0.25) is 5.02 Å². The summed E-state index contributed by atoms with van der Waals surface area (Å²) in [4.78, 5) is 4.24. The molecule has 3 rings (SSSR count). The van der Waals surface area contributed by atoms with Gasteiger partial charge in [0.25, 0.3) is 0 Å². The molecule has 0 saturated carbocycles. The minimum Gasteiger partial charge on any atom is -0.506 e. The monoisotopic (exact) mass is 353 g/mol. The molecule has 0 radical (unpaired) electrons. The summed E-state index contributed by atoms with van der Waals surface area (Å²) in [5, 5.41) is 10.2. The highest BCUT2D eigenvalue weighted by Gasteiger charge is 2.15. The van der Waals surface area contributed by atoms with E-state index in [0.717, 1.165) is 10.0 Å². The molecule has 0 saturated heterocycles. The van der Waals surface area contributed by atoms with Crippen molar-refractivity contribution in [1.82, 2.24) is 0 Å². The molecule has 102 valence electrons. The molecule has 6 heteroatoms. The zero-order valence-electron chi connectivity index (χ0n) is 10.1. The molecule has 1 heterocycles. The number of hydrogen-bond acceptors (Lipinski definition) is 4. The van der Waals surface area contributed by atoms with Crippen LogP contribution in [-0.2, 0) is 0 Å². The normalized spacial score (nSPS) is 13.1. The average Bonchev–Trinajstić information content (AvgIpc) is 2.86. The van der Waals surface area contributed by atoms with Crippen LogP contribution in [-0.4, -0.2) is 18.1 Å². The first-order chi connectivity index (χ1) is 9.63. The van der Waals surface area contributed by atoms with Crippen molar-refractivity contribution in [1.29, 1.82) is 0 Å². The van der Waals surface area contributed by atoms with Crippen LogP contribution in [0.1, 0.15) is 5.56 Å². The van der Waals surface area contributed by atoms with Crippen molar-refractivity contribution in [2.75, 3.05) is 6.79 Å². The number of aliphatic imine (C=N–C) groups is 1. The smallest absolute Gasteiger partial charge is 0.231 e. The van der Waals surface area contributed by atoms with Crippen LogP contribution >= 0.6 is 27.5 Å². The fourth-order valence-corrected chi connectivity index (χ4v) is 2.36. The van der Waals surface area contributed by atoms with E-state index in [-0.39, 0.29) is 12.5 Å². The van der Waals surface area contributed by atoms with Gasteiger partial charge in [0.2, 0.25) is 6.79 Å². The van der Waals surface area contributed by atoms with Crippen LogP contribution in [0.4, 0.5) is 5.69 Å². The van der Waals surface area contributed by atoms with Crippen molar-refractivity contribution in [2.45, 2.75) is 0 Å². The maximum atomic E-state index is 9.71. The number of phenols is 1. The molecule has 0 aromatic heterocycles. The van der Waals surface area contributed by atoms with Gasteiger partial charge in [-0.1, -0.05) is 11.6 Å². The molecule has 20 heavy (non-hydrogen) atoms. The Bertz CT molecular complexity index is 703. The van der Waals surface area contributed by atoms with Gasteiger partial charge in [0, 0.05) is 21.3 Å². The van der Waals surface area contributed by atoms with Crippen molar-refractivity contribution in [3.8, 4) is 17.2 Å². The Labute approximate surface area is 128 Å². The summed E-state index contributed by atoms with van der Waals surface area (Å²) in [6, 6.07) is 8.34. The highest BCUT2D eigenvalue weighted by molar-refractivity contribution is 9.10. The van der Waals surface area contributed by atoms with Gasteiger partial charge < -0.3 is 14.6 Å². The minimum atomic E-state index is 0.0718. The van der Waals surface area contributed by atoms with Crippen LogP contribution < -0.4 is 9.47 Å². The van der Waals surface area contributed by atoms with E-state index in [1.54, 1.807) is 18.3 Å². The Hall–Kier alpha value is -1.72. The molecule has 0 aliphatic carbocycles. The number of fused-ring (bicyclic) bond motifs is 1.